The van der Waals surface area contributed by atoms with Crippen molar-refractivity contribution < 1.29 is 0 Å². The summed E-state index contributed by atoms with van der Waals surface area (Å²) >= 11 is 0. The predicted octanol–water partition coefficient (Wildman–Crippen LogP) is -0.0572. The van der Waals surface area contributed by atoms with Crippen LogP contribution >= 0.6 is 0 Å². The number of hydrogen-bond donors (Lipinski definition) is 1. The smallest absolute Gasteiger partial charge is 0.00359 e. The van der Waals surface area contributed by atoms with Gasteiger partial charge in [0.2, 0.25) is 0 Å². The summed E-state index contributed by atoms with van der Waals surface area (Å²) in [5.41, 5.74) is 0. The van der Waals surface area contributed by atoms with E-state index >= 15 is 0 Å². The lowest BCUT2D eigenvalue weighted by Crippen LogP contribution is -2.24. The Kier molecular flexibility index (Phi) is 9.90. The van der Waals surface area contributed by atoms with Gasteiger partial charge in [-0.3, -0.25) is 0 Å². The molecule has 52 valence electrons. The second kappa shape index (κ2) is 7.18. The summed E-state index contributed by atoms with van der Waals surface area (Å²) in [6.07, 6.45) is 1.23. The number of nitrogens with one attached hydrogen (secondary N) is 1. The van der Waals surface area contributed by atoms with E-state index in [0.717, 1.165) is 6.54 Å². The van der Waals surface area contributed by atoms with Crippen molar-refractivity contribution >= 4 is 11.0 Å². The van der Waals surface area contributed by atoms with Gasteiger partial charge in [-0.05, 0) is 30.9 Å². The summed E-state index contributed by atoms with van der Waals surface area (Å²) in [4.78, 5) is 0. The van der Waals surface area contributed by atoms with E-state index in [-0.39, 0.29) is 11.0 Å². The molecule has 0 aliphatic heterocycles. The minimum absolute atomic E-state index is 0. The monoisotopic (exact) mass is 133 g/mol. The Morgan fingerprint density at radius 2 is 1.88 bits per heavy atom. The molecule has 0 saturated carbocycles. The van der Waals surface area contributed by atoms with E-state index in [2.05, 4.69) is 26.1 Å². The molecule has 0 amide bonds. The van der Waals surface area contributed by atoms with Crippen LogP contribution in [0.25, 0.3) is 0 Å². The lowest BCUT2D eigenvalue weighted by atomic mass is 10.3. The molecule has 0 fully saturated rings. The van der Waals surface area contributed by atoms with E-state index in [4.69, 9.17) is 0 Å². The normalized spacial score (nSPS) is 12.4. The van der Waals surface area contributed by atoms with Crippen molar-refractivity contribution in [1.29, 1.82) is 0 Å². The quantitative estimate of drug-likeness (QED) is 0.532. The van der Waals surface area contributed by atoms with Crippen molar-refractivity contribution in [3.63, 3.8) is 0 Å². The van der Waals surface area contributed by atoms with Gasteiger partial charge in [0.25, 0.3) is 0 Å². The largest absolute Gasteiger partial charge is 0.315 e. The van der Waals surface area contributed by atoms with E-state index in [1.54, 1.807) is 0 Å². The summed E-state index contributed by atoms with van der Waals surface area (Å²) in [5, 5.41) is 3.30. The summed E-state index contributed by atoms with van der Waals surface area (Å²) < 4.78 is 0. The van der Waals surface area contributed by atoms with Crippen LogP contribution in [0, 0.1) is 0 Å². The zero-order valence-electron chi connectivity index (χ0n) is 5.49. The first-order valence-electron chi connectivity index (χ1n) is 3.04. The molecule has 0 aromatic heterocycles. The van der Waals surface area contributed by atoms with Crippen LogP contribution in [-0.4, -0.2) is 23.6 Å². The highest BCUT2D eigenvalue weighted by Gasteiger charge is 1.90. The van der Waals surface area contributed by atoms with Gasteiger partial charge in [-0.25, -0.2) is 0 Å². The van der Waals surface area contributed by atoms with Crippen LogP contribution in [0.15, 0.2) is 0 Å². The van der Waals surface area contributed by atoms with Crippen LogP contribution in [0.4, 0.5) is 0 Å². The zero-order chi connectivity index (χ0) is 5.70. The molecule has 1 nitrogen and oxygen atoms in total. The fraction of sp³-hybridized carbons (Fsp3) is 1.00. The molecule has 1 unspecified atom stereocenters. The Morgan fingerprint density at radius 1 is 1.38 bits per heavy atom. The first kappa shape index (κ1) is 11.0. The molecule has 0 rings (SSSR count). The van der Waals surface area contributed by atoms with Crippen molar-refractivity contribution in [2.24, 2.45) is 0 Å². The molecule has 1 N–H and O–H groups in total. The Labute approximate surface area is 56.9 Å². The molecule has 1 atom stereocenters. The fourth-order valence-electron chi connectivity index (χ4n) is 0.493. The van der Waals surface area contributed by atoms with Crippen LogP contribution < -0.4 is 5.32 Å². The maximum Gasteiger partial charge on any atom is 0.00359 e. The Bertz CT molecular complexity index is 39.5. The Morgan fingerprint density at radius 3 is 2.00 bits per heavy atom. The highest BCUT2D eigenvalue weighted by atomic mass is 28.1. The SMILES string of the molecule is CCNC(C)CC.[SiH4]. The lowest BCUT2D eigenvalue weighted by molar-refractivity contribution is 0.553. The van der Waals surface area contributed by atoms with E-state index in [9.17, 15) is 0 Å². The molecule has 0 saturated heterocycles. The first-order valence-corrected chi connectivity index (χ1v) is 3.04. The average Bonchev–Trinajstić information content (AvgIpc) is 1.68. The molecule has 0 aliphatic rings. The molecule has 0 heterocycles. The lowest BCUT2D eigenvalue weighted by Gasteiger charge is -2.06. The molecule has 0 bridgehead atoms. The highest BCUT2D eigenvalue weighted by molar-refractivity contribution is 5.75. The van der Waals surface area contributed by atoms with Crippen LogP contribution in [0.1, 0.15) is 27.2 Å². The number of hydrogen-bond acceptors (Lipinski definition) is 1. The standard InChI is InChI=1S/C6H15N.H4Si/c1-4-6(3)7-5-2;/h6-7H,4-5H2,1-3H3;1H4. The second-order valence-corrected chi connectivity index (χ2v) is 1.87. The van der Waals surface area contributed by atoms with Crippen LogP contribution in [-0.2, 0) is 0 Å². The maximum absolute atomic E-state index is 3.30. The van der Waals surface area contributed by atoms with Crippen molar-refractivity contribution in [2.45, 2.75) is 33.2 Å². The van der Waals surface area contributed by atoms with Crippen molar-refractivity contribution in [3.05, 3.63) is 0 Å². The molecule has 0 aliphatic carbocycles. The van der Waals surface area contributed by atoms with E-state index in [1.807, 2.05) is 0 Å². The molecular formula is C6H19NSi. The van der Waals surface area contributed by atoms with Gasteiger partial charge in [0.05, 0.1) is 0 Å². The highest BCUT2D eigenvalue weighted by Crippen LogP contribution is 1.84. The van der Waals surface area contributed by atoms with Crippen LogP contribution in [0.3, 0.4) is 0 Å². The van der Waals surface area contributed by atoms with Crippen LogP contribution in [0.5, 0.6) is 0 Å². The topological polar surface area (TPSA) is 12.0 Å². The summed E-state index contributed by atoms with van der Waals surface area (Å²) in [7, 11) is 0. The van der Waals surface area contributed by atoms with Gasteiger partial charge in [-0.2, -0.15) is 0 Å². The van der Waals surface area contributed by atoms with Gasteiger partial charge in [-0.15, -0.1) is 0 Å². The third-order valence-corrected chi connectivity index (χ3v) is 1.16. The molecule has 0 spiro atoms. The minimum Gasteiger partial charge on any atom is -0.315 e. The molecule has 0 aromatic carbocycles. The number of rotatable bonds is 3. The van der Waals surface area contributed by atoms with Gasteiger partial charge in [0.15, 0.2) is 0 Å². The zero-order valence-corrected chi connectivity index (χ0v) is 5.49. The van der Waals surface area contributed by atoms with Crippen molar-refractivity contribution in [3.8, 4) is 0 Å². The summed E-state index contributed by atoms with van der Waals surface area (Å²) in [5.74, 6) is 0. The van der Waals surface area contributed by atoms with Gasteiger partial charge >= 0.3 is 0 Å². The molecule has 0 radical (unpaired) electrons. The van der Waals surface area contributed by atoms with Crippen molar-refractivity contribution in [2.75, 3.05) is 6.54 Å². The summed E-state index contributed by atoms with van der Waals surface area (Å²) in [6.45, 7) is 7.61. The second-order valence-electron chi connectivity index (χ2n) is 1.87. The molecule has 0 aromatic rings. The molecule has 8 heavy (non-hydrogen) atoms. The average molecular weight is 133 g/mol. The Balaban J connectivity index is 0. The van der Waals surface area contributed by atoms with E-state index in [0.29, 0.717) is 6.04 Å². The van der Waals surface area contributed by atoms with Gasteiger partial charge in [0, 0.05) is 6.04 Å². The van der Waals surface area contributed by atoms with Gasteiger partial charge < -0.3 is 5.32 Å². The fourth-order valence-corrected chi connectivity index (χ4v) is 0.493. The predicted molar refractivity (Wildman–Crippen MR) is 44.8 cm³/mol. The Hall–Kier alpha value is 0.177. The first-order chi connectivity index (χ1) is 3.31. The maximum atomic E-state index is 3.30. The minimum atomic E-state index is 0. The van der Waals surface area contributed by atoms with Gasteiger partial charge in [0.1, 0.15) is 0 Å². The third kappa shape index (κ3) is 6.18. The van der Waals surface area contributed by atoms with E-state index < -0.39 is 0 Å². The van der Waals surface area contributed by atoms with E-state index in [1.165, 1.54) is 6.42 Å². The van der Waals surface area contributed by atoms with Crippen molar-refractivity contribution in [1.82, 2.24) is 5.32 Å². The molecule has 2 heteroatoms. The van der Waals surface area contributed by atoms with Crippen LogP contribution in [0.2, 0.25) is 0 Å². The summed E-state index contributed by atoms with van der Waals surface area (Å²) in [6, 6.07) is 0.699. The van der Waals surface area contributed by atoms with Gasteiger partial charge in [-0.1, -0.05) is 13.8 Å². The molecular weight excluding hydrogens is 114 g/mol. The third-order valence-electron chi connectivity index (χ3n) is 1.16.